The van der Waals surface area contributed by atoms with Crippen molar-refractivity contribution in [3.63, 3.8) is 0 Å². The minimum atomic E-state index is -4.67. The molecule has 0 unspecified atom stereocenters. The third kappa shape index (κ3) is 38.1. The van der Waals surface area contributed by atoms with Gasteiger partial charge in [0.05, 0.1) is 12.8 Å². The Balaban J connectivity index is -0.0000000289. The Hall–Kier alpha value is 0.307. The van der Waals surface area contributed by atoms with Gasteiger partial charge in [-0.2, -0.15) is 8.42 Å². The van der Waals surface area contributed by atoms with E-state index in [2.05, 4.69) is 0 Å². The number of carbonyl (C=O) groups is 4. The molecule has 0 aromatic heterocycles. The van der Waals surface area contributed by atoms with E-state index in [1.165, 1.54) is 0 Å². The fraction of sp³-hybridized carbons (Fsp3) is 0.429. The first-order valence-corrected chi connectivity index (χ1v) is 5.76. The van der Waals surface area contributed by atoms with Gasteiger partial charge in [0.1, 0.15) is 0 Å². The molecule has 0 aromatic rings. The summed E-state index contributed by atoms with van der Waals surface area (Å²) in [5, 5.41) is 40.7. The molecule has 0 atom stereocenters. The maximum atomic E-state index is 10.3. The van der Waals surface area contributed by atoms with Crippen LogP contribution in [-0.2, 0) is 29.6 Å². The van der Waals surface area contributed by atoms with Crippen molar-refractivity contribution in [2.75, 3.05) is 0 Å². The summed E-state index contributed by atoms with van der Waals surface area (Å²) in [5.74, 6) is -5.02. The topological polar surface area (TPSA) is 244 Å². The van der Waals surface area contributed by atoms with Crippen LogP contribution in [0.1, 0.15) is 17.1 Å². The fourth-order valence-corrected chi connectivity index (χ4v) is 0.714. The SMILES string of the molecule is O=C(O)CC(O)(CC(=O)O)C(=O)O.O=CO.O=S(=O)(O)O.[H-].[H-].[H-].[Li+].[Na+].[Na+]. The molecule has 0 aliphatic rings. The van der Waals surface area contributed by atoms with Crippen molar-refractivity contribution in [1.82, 2.24) is 0 Å². The summed E-state index contributed by atoms with van der Waals surface area (Å²) in [7, 11) is -4.67. The van der Waals surface area contributed by atoms with Gasteiger partial charge in [-0.25, -0.2) is 4.79 Å². The molecule has 0 rings (SSSR count). The second-order valence-electron chi connectivity index (χ2n) is 3.03. The minimum absolute atomic E-state index is 0. The molecule has 0 saturated heterocycles. The summed E-state index contributed by atoms with van der Waals surface area (Å²) in [6.45, 7) is -0.250. The molecule has 0 aliphatic heterocycles. The molecule has 13 nitrogen and oxygen atoms in total. The van der Waals surface area contributed by atoms with Crippen LogP contribution in [0.5, 0.6) is 0 Å². The molecule has 0 aromatic carbocycles. The summed E-state index contributed by atoms with van der Waals surface area (Å²) in [4.78, 5) is 38.8. The molecule has 130 valence electrons. The van der Waals surface area contributed by atoms with Crippen molar-refractivity contribution in [3.8, 4) is 0 Å². The van der Waals surface area contributed by atoms with Crippen molar-refractivity contribution in [3.05, 3.63) is 0 Å². The van der Waals surface area contributed by atoms with Gasteiger partial charge in [0.2, 0.25) is 0 Å². The molecule has 0 bridgehead atoms. The van der Waals surface area contributed by atoms with E-state index in [1.54, 1.807) is 0 Å². The van der Waals surface area contributed by atoms with Gasteiger partial charge in [0.15, 0.2) is 5.60 Å². The van der Waals surface area contributed by atoms with E-state index in [4.69, 9.17) is 47.9 Å². The Morgan fingerprint density at radius 3 is 1.21 bits per heavy atom. The van der Waals surface area contributed by atoms with Crippen LogP contribution in [0.4, 0.5) is 0 Å². The van der Waals surface area contributed by atoms with Crippen LogP contribution >= 0.6 is 0 Å². The second kappa shape index (κ2) is 19.6. The van der Waals surface area contributed by atoms with Crippen molar-refractivity contribution >= 4 is 34.8 Å². The molecule has 17 heteroatoms. The first-order valence-electron chi connectivity index (χ1n) is 4.36. The first-order chi connectivity index (χ1) is 9.19. The number of carboxylic acid groups (broad SMARTS) is 4. The van der Waals surface area contributed by atoms with Crippen molar-refractivity contribution in [2.24, 2.45) is 0 Å². The summed E-state index contributed by atoms with van der Waals surface area (Å²) in [6.07, 6.45) is -2.29. The Bertz CT molecular complexity index is 468. The molecule has 24 heavy (non-hydrogen) atoms. The predicted molar refractivity (Wildman–Crippen MR) is 63.3 cm³/mol. The van der Waals surface area contributed by atoms with Crippen molar-refractivity contribution in [1.29, 1.82) is 0 Å². The number of aliphatic hydroxyl groups is 1. The zero-order chi connectivity index (χ0) is 17.9. The van der Waals surface area contributed by atoms with Crippen LogP contribution < -0.4 is 78.0 Å². The number of rotatable bonds is 5. The van der Waals surface area contributed by atoms with E-state index in [0.29, 0.717) is 0 Å². The molecule has 0 fully saturated rings. The minimum Gasteiger partial charge on any atom is -1.00 e. The Labute approximate surface area is 196 Å². The fourth-order valence-electron chi connectivity index (χ4n) is 0.714. The number of carboxylic acids is 3. The van der Waals surface area contributed by atoms with Crippen LogP contribution in [-0.4, -0.2) is 73.0 Å². The van der Waals surface area contributed by atoms with E-state index in [-0.39, 0.29) is 88.7 Å². The standard InChI is InChI=1S/C6H8O7.CH2O2.Li.2Na.H2O4S.3H/c7-3(8)1-6(13,5(11)12)2-4(9)10;2-1-3;;;;1-5(2,3)4;;;/h13H,1-2H2,(H,7,8)(H,9,10)(H,11,12);1H,(H,2,3);;;;(H2,1,2,3,4);;;/q;;3*+1;;3*-1. The van der Waals surface area contributed by atoms with E-state index < -0.39 is 46.7 Å². The smallest absolute Gasteiger partial charge is 1.00 e. The van der Waals surface area contributed by atoms with Gasteiger partial charge in [-0.05, 0) is 0 Å². The molecule has 0 amide bonds. The van der Waals surface area contributed by atoms with Gasteiger partial charge < -0.3 is 29.8 Å². The summed E-state index contributed by atoms with van der Waals surface area (Å²) >= 11 is 0. The van der Waals surface area contributed by atoms with Gasteiger partial charge in [-0.15, -0.1) is 0 Å². The van der Waals surface area contributed by atoms with Gasteiger partial charge >= 0.3 is 106 Å². The molecule has 7 N–H and O–H groups in total. The summed E-state index contributed by atoms with van der Waals surface area (Å²) in [5.41, 5.74) is -2.74. The van der Waals surface area contributed by atoms with Crippen LogP contribution in [0.25, 0.3) is 0 Å². The van der Waals surface area contributed by atoms with Crippen molar-refractivity contribution < 1.29 is 144 Å². The normalized spacial score (nSPS) is 8.79. The Morgan fingerprint density at radius 1 is 0.958 bits per heavy atom. The van der Waals surface area contributed by atoms with Crippen LogP contribution in [0.2, 0.25) is 0 Å². The van der Waals surface area contributed by atoms with Crippen LogP contribution in [0, 0.1) is 0 Å². The summed E-state index contributed by atoms with van der Waals surface area (Å²) in [6, 6.07) is 0. The Kier molecular flexibility index (Phi) is 32.2. The zero-order valence-electron chi connectivity index (χ0n) is 16.0. The summed E-state index contributed by atoms with van der Waals surface area (Å²) < 4.78 is 31.6. The first kappa shape index (κ1) is 39.4. The largest absolute Gasteiger partial charge is 1.00 e. The molecule has 0 radical (unpaired) electrons. The third-order valence-electron chi connectivity index (χ3n) is 1.29. The maximum absolute atomic E-state index is 10.3. The van der Waals surface area contributed by atoms with E-state index >= 15 is 0 Å². The molecule has 0 spiro atoms. The van der Waals surface area contributed by atoms with Crippen LogP contribution in [0.15, 0.2) is 0 Å². The van der Waals surface area contributed by atoms with Gasteiger partial charge in [-0.3, -0.25) is 23.5 Å². The van der Waals surface area contributed by atoms with Gasteiger partial charge in [0, 0.05) is 0 Å². The van der Waals surface area contributed by atoms with E-state index in [1.807, 2.05) is 0 Å². The predicted octanol–water partition coefficient (Wildman–Crippen LogP) is -10.9. The van der Waals surface area contributed by atoms with E-state index in [0.717, 1.165) is 0 Å². The number of aliphatic carboxylic acids is 3. The second-order valence-corrected chi connectivity index (χ2v) is 3.93. The quantitative estimate of drug-likeness (QED) is 0.131. The molecule has 0 saturated carbocycles. The van der Waals surface area contributed by atoms with E-state index in [9.17, 15) is 14.4 Å². The molecule has 0 heterocycles. The average Bonchev–Trinajstić information content (AvgIpc) is 2.12. The molecular formula is C7H15LiNa2O13S. The monoisotopic (exact) mass is 392 g/mol. The zero-order valence-corrected chi connectivity index (χ0v) is 17.8. The number of hydrogen-bond acceptors (Lipinski definition) is 7. The van der Waals surface area contributed by atoms with Gasteiger partial charge in [0.25, 0.3) is 6.47 Å². The Morgan fingerprint density at radius 2 is 1.12 bits per heavy atom. The maximum Gasteiger partial charge on any atom is 1.00 e. The number of hydrogen-bond donors (Lipinski definition) is 7. The average molecular weight is 392 g/mol. The third-order valence-corrected chi connectivity index (χ3v) is 1.29. The molecule has 0 aliphatic carbocycles. The molecular weight excluding hydrogens is 377 g/mol. The van der Waals surface area contributed by atoms with Crippen LogP contribution in [0.3, 0.4) is 0 Å². The van der Waals surface area contributed by atoms with Crippen molar-refractivity contribution in [2.45, 2.75) is 18.4 Å². The van der Waals surface area contributed by atoms with Gasteiger partial charge in [-0.1, -0.05) is 0 Å².